The highest BCUT2D eigenvalue weighted by Crippen LogP contribution is 2.28. The van der Waals surface area contributed by atoms with Crippen molar-refractivity contribution < 1.29 is 13.2 Å². The van der Waals surface area contributed by atoms with Gasteiger partial charge in [-0.3, -0.25) is 0 Å². The van der Waals surface area contributed by atoms with Crippen LogP contribution >= 0.6 is 23.2 Å². The lowest BCUT2D eigenvalue weighted by molar-refractivity contribution is -0.109. The van der Waals surface area contributed by atoms with Gasteiger partial charge in [0.2, 0.25) is 10.0 Å². The standard InChI is InChI=1S/C14H19Cl2NO3S/c1-10-8-17(9-14(2,3)20-10)21(18,19)12-5-4-11(7-15)13(16)6-12/h4-6,10H,7-9H2,1-3H3. The van der Waals surface area contributed by atoms with Gasteiger partial charge in [0.05, 0.1) is 16.6 Å². The summed E-state index contributed by atoms with van der Waals surface area (Å²) < 4.78 is 32.7. The number of hydrogen-bond acceptors (Lipinski definition) is 3. The first kappa shape index (κ1) is 17.0. The van der Waals surface area contributed by atoms with E-state index in [2.05, 4.69) is 0 Å². The average molecular weight is 352 g/mol. The highest BCUT2D eigenvalue weighted by atomic mass is 35.5. The Morgan fingerprint density at radius 3 is 2.62 bits per heavy atom. The Morgan fingerprint density at radius 1 is 1.43 bits per heavy atom. The molecule has 1 unspecified atom stereocenters. The van der Waals surface area contributed by atoms with Crippen molar-refractivity contribution in [2.45, 2.75) is 43.3 Å². The summed E-state index contributed by atoms with van der Waals surface area (Å²) >= 11 is 11.8. The van der Waals surface area contributed by atoms with Crippen LogP contribution in [0.4, 0.5) is 0 Å². The predicted octanol–water partition coefficient (Wildman–Crippen LogP) is 3.27. The summed E-state index contributed by atoms with van der Waals surface area (Å²) in [5.74, 6) is 0.251. The number of benzene rings is 1. The molecule has 1 aromatic carbocycles. The van der Waals surface area contributed by atoms with E-state index in [1.807, 2.05) is 20.8 Å². The van der Waals surface area contributed by atoms with Crippen LogP contribution in [0.15, 0.2) is 23.1 Å². The summed E-state index contributed by atoms with van der Waals surface area (Å²) in [5, 5.41) is 0.367. The molecule has 0 amide bonds. The Kier molecular flexibility index (Phi) is 4.90. The molecule has 0 radical (unpaired) electrons. The fourth-order valence-corrected chi connectivity index (χ4v) is 4.83. The van der Waals surface area contributed by atoms with Gasteiger partial charge >= 0.3 is 0 Å². The van der Waals surface area contributed by atoms with Gasteiger partial charge in [0, 0.05) is 24.0 Å². The first-order chi connectivity index (χ1) is 9.65. The molecule has 0 aromatic heterocycles. The number of halogens is 2. The van der Waals surface area contributed by atoms with E-state index >= 15 is 0 Å². The van der Waals surface area contributed by atoms with E-state index in [0.717, 1.165) is 0 Å². The molecule has 0 N–H and O–H groups in total. The van der Waals surface area contributed by atoms with Crippen LogP contribution in [0.25, 0.3) is 0 Å². The quantitative estimate of drug-likeness (QED) is 0.785. The molecule has 7 heteroatoms. The number of alkyl halides is 1. The van der Waals surface area contributed by atoms with Crippen LogP contribution in [0.5, 0.6) is 0 Å². The molecule has 1 aromatic rings. The second-order valence-electron chi connectivity index (χ2n) is 5.87. The maximum Gasteiger partial charge on any atom is 0.243 e. The maximum absolute atomic E-state index is 12.8. The molecule has 1 aliphatic heterocycles. The molecule has 1 aliphatic rings. The third kappa shape index (κ3) is 3.71. The number of morpholine rings is 1. The molecular formula is C14H19Cl2NO3S. The van der Waals surface area contributed by atoms with Crippen molar-refractivity contribution in [2.24, 2.45) is 0 Å². The van der Waals surface area contributed by atoms with Crippen LogP contribution in [0.1, 0.15) is 26.3 Å². The van der Waals surface area contributed by atoms with Gasteiger partial charge in [-0.05, 0) is 38.5 Å². The first-order valence-corrected chi connectivity index (χ1v) is 9.03. The smallest absolute Gasteiger partial charge is 0.243 e. The summed E-state index contributed by atoms with van der Waals surface area (Å²) in [6.07, 6.45) is -0.152. The second kappa shape index (κ2) is 6.05. The monoisotopic (exact) mass is 351 g/mol. The SMILES string of the molecule is CC1CN(S(=O)(=O)c2ccc(CCl)c(Cl)c2)CC(C)(C)O1. The van der Waals surface area contributed by atoms with Crippen LogP contribution in [0, 0.1) is 0 Å². The van der Waals surface area contributed by atoms with Crippen LogP contribution in [-0.2, 0) is 20.6 Å². The van der Waals surface area contributed by atoms with Crippen molar-refractivity contribution in [2.75, 3.05) is 13.1 Å². The van der Waals surface area contributed by atoms with Crippen molar-refractivity contribution in [3.63, 3.8) is 0 Å². The van der Waals surface area contributed by atoms with Gasteiger partial charge in [0.25, 0.3) is 0 Å². The minimum Gasteiger partial charge on any atom is -0.370 e. The fraction of sp³-hybridized carbons (Fsp3) is 0.571. The maximum atomic E-state index is 12.8. The number of rotatable bonds is 3. The zero-order chi connectivity index (χ0) is 15.8. The molecule has 21 heavy (non-hydrogen) atoms. The molecule has 4 nitrogen and oxygen atoms in total. The van der Waals surface area contributed by atoms with Gasteiger partial charge < -0.3 is 4.74 Å². The fourth-order valence-electron chi connectivity index (χ4n) is 2.52. The third-order valence-corrected chi connectivity index (χ3v) is 5.79. The van der Waals surface area contributed by atoms with Gasteiger partial charge in [-0.25, -0.2) is 8.42 Å². The Morgan fingerprint density at radius 2 is 2.10 bits per heavy atom. The number of hydrogen-bond donors (Lipinski definition) is 0. The lowest BCUT2D eigenvalue weighted by Crippen LogP contribution is -2.53. The van der Waals surface area contributed by atoms with Crippen molar-refractivity contribution in [1.29, 1.82) is 0 Å². The molecule has 0 aliphatic carbocycles. The number of sulfonamides is 1. The van der Waals surface area contributed by atoms with Crippen LogP contribution < -0.4 is 0 Å². The van der Waals surface area contributed by atoms with Crippen LogP contribution in [0.2, 0.25) is 5.02 Å². The van der Waals surface area contributed by atoms with Gasteiger partial charge in [-0.15, -0.1) is 11.6 Å². The zero-order valence-corrected chi connectivity index (χ0v) is 14.6. The molecule has 1 heterocycles. The first-order valence-electron chi connectivity index (χ1n) is 6.68. The van der Waals surface area contributed by atoms with E-state index in [4.69, 9.17) is 27.9 Å². The largest absolute Gasteiger partial charge is 0.370 e. The Bertz CT molecular complexity index is 631. The molecule has 0 spiro atoms. The molecule has 0 saturated carbocycles. The lowest BCUT2D eigenvalue weighted by Gasteiger charge is -2.40. The Labute approximate surface area is 136 Å². The molecular weight excluding hydrogens is 333 g/mol. The Hall–Kier alpha value is -0.330. The van der Waals surface area contributed by atoms with E-state index in [0.29, 0.717) is 23.7 Å². The topological polar surface area (TPSA) is 46.6 Å². The van der Waals surface area contributed by atoms with E-state index in [1.54, 1.807) is 12.1 Å². The molecule has 1 fully saturated rings. The Balaban J connectivity index is 2.35. The molecule has 118 valence electrons. The van der Waals surface area contributed by atoms with Gasteiger partial charge in [-0.2, -0.15) is 4.31 Å². The minimum absolute atomic E-state index is 0.152. The molecule has 0 bridgehead atoms. The van der Waals surface area contributed by atoms with Crippen LogP contribution in [-0.4, -0.2) is 37.5 Å². The molecule has 1 atom stereocenters. The minimum atomic E-state index is -3.59. The normalized spacial score (nSPS) is 23.2. The molecule has 2 rings (SSSR count). The number of ether oxygens (including phenoxy) is 1. The lowest BCUT2D eigenvalue weighted by atomic mass is 10.1. The summed E-state index contributed by atoms with van der Waals surface area (Å²) in [6.45, 7) is 6.28. The summed E-state index contributed by atoms with van der Waals surface area (Å²) in [6, 6.07) is 4.66. The van der Waals surface area contributed by atoms with E-state index < -0.39 is 15.6 Å². The van der Waals surface area contributed by atoms with Gasteiger partial charge in [-0.1, -0.05) is 17.7 Å². The number of nitrogens with zero attached hydrogens (tertiary/aromatic N) is 1. The van der Waals surface area contributed by atoms with Crippen molar-refractivity contribution >= 4 is 33.2 Å². The van der Waals surface area contributed by atoms with Crippen LogP contribution in [0.3, 0.4) is 0 Å². The van der Waals surface area contributed by atoms with E-state index in [9.17, 15) is 8.42 Å². The van der Waals surface area contributed by atoms with Gasteiger partial charge in [0.1, 0.15) is 0 Å². The van der Waals surface area contributed by atoms with Crippen molar-refractivity contribution in [3.8, 4) is 0 Å². The summed E-state index contributed by atoms with van der Waals surface area (Å²) in [7, 11) is -3.59. The predicted molar refractivity (Wildman–Crippen MR) is 84.4 cm³/mol. The highest BCUT2D eigenvalue weighted by molar-refractivity contribution is 7.89. The zero-order valence-electron chi connectivity index (χ0n) is 12.3. The third-order valence-electron chi connectivity index (χ3n) is 3.34. The van der Waals surface area contributed by atoms with Crippen molar-refractivity contribution in [3.05, 3.63) is 28.8 Å². The highest BCUT2D eigenvalue weighted by Gasteiger charge is 2.38. The second-order valence-corrected chi connectivity index (χ2v) is 8.48. The molecule has 1 saturated heterocycles. The van der Waals surface area contributed by atoms with E-state index in [1.165, 1.54) is 10.4 Å². The van der Waals surface area contributed by atoms with Gasteiger partial charge in [0.15, 0.2) is 0 Å². The van der Waals surface area contributed by atoms with E-state index in [-0.39, 0.29) is 16.9 Å². The van der Waals surface area contributed by atoms with Crippen molar-refractivity contribution in [1.82, 2.24) is 4.31 Å². The summed E-state index contributed by atoms with van der Waals surface area (Å²) in [5.41, 5.74) is 0.206. The summed E-state index contributed by atoms with van der Waals surface area (Å²) in [4.78, 5) is 0.186. The average Bonchev–Trinajstić information content (AvgIpc) is 2.36.